The Labute approximate surface area is 87.0 Å². The van der Waals surface area contributed by atoms with Crippen LogP contribution in [0, 0.1) is 0 Å². The number of fused-ring (bicyclic) bond motifs is 1. The predicted octanol–water partition coefficient (Wildman–Crippen LogP) is 0.414. The molecule has 6 nitrogen and oxygen atoms in total. The van der Waals surface area contributed by atoms with Crippen LogP contribution < -0.4 is 0 Å². The van der Waals surface area contributed by atoms with Crippen LogP contribution in [-0.2, 0) is 10.0 Å². The molecule has 0 saturated heterocycles. The van der Waals surface area contributed by atoms with Crippen molar-refractivity contribution in [3.05, 3.63) is 18.9 Å². The summed E-state index contributed by atoms with van der Waals surface area (Å²) in [6.07, 6.45) is 4.62. The zero-order valence-electron chi connectivity index (χ0n) is 8.16. The fourth-order valence-corrected chi connectivity index (χ4v) is 2.65. The first kappa shape index (κ1) is 10.0. The van der Waals surface area contributed by atoms with Gasteiger partial charge in [0, 0.05) is 0 Å². The number of hydrogen-bond donors (Lipinski definition) is 0. The summed E-state index contributed by atoms with van der Waals surface area (Å²) >= 11 is 0. The molecule has 15 heavy (non-hydrogen) atoms. The maximum Gasteiger partial charge on any atom is 0.240 e. The second-order valence-electron chi connectivity index (χ2n) is 3.09. The second kappa shape index (κ2) is 3.58. The highest BCUT2D eigenvalue weighted by Crippen LogP contribution is 2.11. The molecule has 0 bridgehead atoms. The van der Waals surface area contributed by atoms with Crippen molar-refractivity contribution in [3.63, 3.8) is 0 Å². The van der Waals surface area contributed by atoms with Crippen LogP contribution in [0.3, 0.4) is 0 Å². The summed E-state index contributed by atoms with van der Waals surface area (Å²) in [5.41, 5.74) is 0.815. The van der Waals surface area contributed by atoms with Crippen molar-refractivity contribution < 1.29 is 8.42 Å². The third-order valence-electron chi connectivity index (χ3n) is 1.96. The van der Waals surface area contributed by atoms with Crippen LogP contribution >= 0.6 is 0 Å². The molecule has 0 fully saturated rings. The Kier molecular flexibility index (Phi) is 2.39. The fraction of sp³-hybridized carbons (Fsp3) is 0.375. The lowest BCUT2D eigenvalue weighted by Crippen LogP contribution is -2.15. The molecule has 0 aromatic carbocycles. The maximum absolute atomic E-state index is 11.8. The SMILES string of the molecule is CCCS(=O)(=O)n1cnc2ncncc21. The Morgan fingerprint density at radius 1 is 1.40 bits per heavy atom. The lowest BCUT2D eigenvalue weighted by atomic mass is 10.6. The highest BCUT2D eigenvalue weighted by Gasteiger charge is 2.15. The zero-order valence-corrected chi connectivity index (χ0v) is 8.98. The van der Waals surface area contributed by atoms with E-state index in [1.54, 1.807) is 0 Å². The fourth-order valence-electron chi connectivity index (χ4n) is 1.32. The van der Waals surface area contributed by atoms with Crippen molar-refractivity contribution >= 4 is 21.2 Å². The molecule has 0 aliphatic rings. The van der Waals surface area contributed by atoms with Crippen LogP contribution in [0.2, 0.25) is 0 Å². The lowest BCUT2D eigenvalue weighted by molar-refractivity contribution is 0.587. The minimum atomic E-state index is -3.32. The molecule has 0 unspecified atom stereocenters. The van der Waals surface area contributed by atoms with E-state index >= 15 is 0 Å². The lowest BCUT2D eigenvalue weighted by Gasteiger charge is -2.03. The van der Waals surface area contributed by atoms with Crippen LogP contribution in [0.15, 0.2) is 18.9 Å². The van der Waals surface area contributed by atoms with E-state index in [-0.39, 0.29) is 5.75 Å². The molecule has 0 aliphatic heterocycles. The third kappa shape index (κ3) is 1.70. The molecule has 0 saturated carbocycles. The summed E-state index contributed by atoms with van der Waals surface area (Å²) in [6, 6.07) is 0. The minimum Gasteiger partial charge on any atom is -0.242 e. The van der Waals surface area contributed by atoms with Gasteiger partial charge in [-0.15, -0.1) is 0 Å². The average molecular weight is 226 g/mol. The molecule has 7 heteroatoms. The van der Waals surface area contributed by atoms with E-state index in [4.69, 9.17) is 0 Å². The predicted molar refractivity (Wildman–Crippen MR) is 54.8 cm³/mol. The van der Waals surface area contributed by atoms with Crippen LogP contribution in [0.5, 0.6) is 0 Å². The smallest absolute Gasteiger partial charge is 0.240 e. The van der Waals surface area contributed by atoms with Gasteiger partial charge < -0.3 is 0 Å². The average Bonchev–Trinajstić information content (AvgIpc) is 2.61. The Morgan fingerprint density at radius 3 is 2.93 bits per heavy atom. The molecule has 0 spiro atoms. The van der Waals surface area contributed by atoms with Crippen LogP contribution in [0.4, 0.5) is 0 Å². The largest absolute Gasteiger partial charge is 0.242 e. The normalized spacial score (nSPS) is 12.1. The summed E-state index contributed by atoms with van der Waals surface area (Å²) in [5, 5.41) is 0. The summed E-state index contributed by atoms with van der Waals surface area (Å²) < 4.78 is 24.7. The molecular formula is C8H10N4O2S. The summed E-state index contributed by atoms with van der Waals surface area (Å²) in [6.45, 7) is 1.81. The Balaban J connectivity index is 2.63. The first-order valence-corrected chi connectivity index (χ1v) is 6.12. The Morgan fingerprint density at radius 2 is 2.20 bits per heavy atom. The third-order valence-corrected chi connectivity index (χ3v) is 3.77. The van der Waals surface area contributed by atoms with Gasteiger partial charge in [0.25, 0.3) is 0 Å². The van der Waals surface area contributed by atoms with Gasteiger partial charge in [0.1, 0.15) is 18.2 Å². The number of nitrogens with zero attached hydrogens (tertiary/aromatic N) is 4. The molecule has 0 aliphatic carbocycles. The van der Waals surface area contributed by atoms with Gasteiger partial charge in [-0.1, -0.05) is 6.92 Å². The van der Waals surface area contributed by atoms with Crippen LogP contribution in [0.1, 0.15) is 13.3 Å². The molecule has 0 N–H and O–H groups in total. The first-order chi connectivity index (χ1) is 7.15. The minimum absolute atomic E-state index is 0.0906. The summed E-state index contributed by atoms with van der Waals surface area (Å²) in [4.78, 5) is 11.6. The van der Waals surface area contributed by atoms with E-state index in [9.17, 15) is 8.42 Å². The van der Waals surface area contributed by atoms with Crippen molar-refractivity contribution in [2.45, 2.75) is 13.3 Å². The van der Waals surface area contributed by atoms with E-state index in [2.05, 4.69) is 15.0 Å². The summed E-state index contributed by atoms with van der Waals surface area (Å²) in [7, 11) is -3.32. The molecular weight excluding hydrogens is 216 g/mol. The molecule has 2 heterocycles. The standard InChI is InChI=1S/C8H10N4O2S/c1-2-3-15(13,14)12-6-11-8-7(12)4-9-5-10-8/h4-6H,2-3H2,1H3. The molecule has 0 atom stereocenters. The van der Waals surface area contributed by atoms with E-state index in [1.807, 2.05) is 6.92 Å². The Bertz CT molecular complexity index is 575. The van der Waals surface area contributed by atoms with Gasteiger partial charge in [0.05, 0.1) is 11.9 Å². The summed E-state index contributed by atoms with van der Waals surface area (Å²) in [5.74, 6) is 0.0906. The van der Waals surface area contributed by atoms with Crippen LogP contribution in [0.25, 0.3) is 11.2 Å². The van der Waals surface area contributed by atoms with E-state index in [1.165, 1.54) is 18.9 Å². The van der Waals surface area contributed by atoms with Crippen molar-refractivity contribution in [2.75, 3.05) is 5.75 Å². The van der Waals surface area contributed by atoms with Crippen molar-refractivity contribution in [1.82, 2.24) is 18.9 Å². The van der Waals surface area contributed by atoms with E-state index in [0.717, 1.165) is 3.97 Å². The number of imidazole rings is 1. The highest BCUT2D eigenvalue weighted by atomic mass is 32.2. The zero-order chi connectivity index (χ0) is 10.9. The maximum atomic E-state index is 11.8. The van der Waals surface area contributed by atoms with Gasteiger partial charge >= 0.3 is 0 Å². The monoisotopic (exact) mass is 226 g/mol. The quantitative estimate of drug-likeness (QED) is 0.757. The van der Waals surface area contributed by atoms with Gasteiger partial charge in [0.2, 0.25) is 10.0 Å². The number of aromatic nitrogens is 4. The molecule has 0 radical (unpaired) electrons. The van der Waals surface area contributed by atoms with E-state index in [0.29, 0.717) is 17.6 Å². The van der Waals surface area contributed by atoms with Crippen molar-refractivity contribution in [3.8, 4) is 0 Å². The molecule has 0 amide bonds. The Hall–Kier alpha value is -1.50. The van der Waals surface area contributed by atoms with Gasteiger partial charge in [0.15, 0.2) is 5.65 Å². The van der Waals surface area contributed by atoms with Crippen LogP contribution in [-0.4, -0.2) is 33.1 Å². The molecule has 2 aromatic rings. The molecule has 2 aromatic heterocycles. The molecule has 80 valence electrons. The van der Waals surface area contributed by atoms with Gasteiger partial charge in [-0.05, 0) is 6.42 Å². The van der Waals surface area contributed by atoms with E-state index < -0.39 is 10.0 Å². The van der Waals surface area contributed by atoms with Gasteiger partial charge in [-0.2, -0.15) is 0 Å². The van der Waals surface area contributed by atoms with Gasteiger partial charge in [-0.3, -0.25) is 0 Å². The topological polar surface area (TPSA) is 77.7 Å². The number of hydrogen-bond acceptors (Lipinski definition) is 5. The van der Waals surface area contributed by atoms with Crippen molar-refractivity contribution in [2.24, 2.45) is 0 Å². The molecule has 2 rings (SSSR count). The number of rotatable bonds is 3. The first-order valence-electron chi connectivity index (χ1n) is 4.51. The van der Waals surface area contributed by atoms with Gasteiger partial charge in [-0.25, -0.2) is 27.3 Å². The highest BCUT2D eigenvalue weighted by molar-refractivity contribution is 7.90. The van der Waals surface area contributed by atoms with Crippen molar-refractivity contribution in [1.29, 1.82) is 0 Å². The second-order valence-corrected chi connectivity index (χ2v) is 5.05.